The molecule has 4 rings (SSSR count). The summed E-state index contributed by atoms with van der Waals surface area (Å²) < 4.78 is 2.08. The van der Waals surface area contributed by atoms with Crippen molar-refractivity contribution < 1.29 is 0 Å². The first-order chi connectivity index (χ1) is 11.3. The predicted octanol–water partition coefficient (Wildman–Crippen LogP) is 3.61. The van der Waals surface area contributed by atoms with Gasteiger partial charge < -0.3 is 5.73 Å². The molecule has 1 aromatic carbocycles. The number of nitrogens with two attached hydrogens (primary N) is 1. The van der Waals surface area contributed by atoms with Gasteiger partial charge in [-0.05, 0) is 18.2 Å². The van der Waals surface area contributed by atoms with Crippen molar-refractivity contribution in [3.8, 4) is 11.3 Å². The summed E-state index contributed by atoms with van der Waals surface area (Å²) >= 11 is 1.61. The van der Waals surface area contributed by atoms with E-state index in [0.29, 0.717) is 0 Å². The standard InChI is InChI=1S/C17H13N5S/c18-16-19-9-8-13(20-16)6-7-14-15(12-4-2-1-3-5-12)21-17-22(14)10-11-23-17/h1-11H,(H2,18,19,20). The van der Waals surface area contributed by atoms with Crippen LogP contribution >= 0.6 is 11.3 Å². The SMILES string of the molecule is Nc1nccc(C=Cc2c(-c3ccccc3)nc3sccn23)n1. The fourth-order valence-electron chi connectivity index (χ4n) is 2.42. The zero-order chi connectivity index (χ0) is 15.6. The van der Waals surface area contributed by atoms with Gasteiger partial charge in [0.05, 0.1) is 17.1 Å². The van der Waals surface area contributed by atoms with E-state index in [1.165, 1.54) is 0 Å². The highest BCUT2D eigenvalue weighted by Gasteiger charge is 2.12. The van der Waals surface area contributed by atoms with Crippen LogP contribution in [0.1, 0.15) is 11.4 Å². The number of nitrogen functional groups attached to an aromatic ring is 1. The van der Waals surface area contributed by atoms with Crippen molar-refractivity contribution in [3.05, 3.63) is 65.6 Å². The number of nitrogens with zero attached hydrogens (tertiary/aromatic N) is 4. The first-order valence-electron chi connectivity index (χ1n) is 7.09. The molecule has 4 aromatic rings. The maximum absolute atomic E-state index is 5.63. The number of fused-ring (bicyclic) bond motifs is 1. The molecule has 0 aliphatic heterocycles. The van der Waals surface area contributed by atoms with Gasteiger partial charge in [-0.25, -0.2) is 15.0 Å². The number of thiazole rings is 1. The van der Waals surface area contributed by atoms with Gasteiger partial charge in [-0.2, -0.15) is 0 Å². The molecule has 0 aliphatic rings. The normalized spacial score (nSPS) is 11.5. The van der Waals surface area contributed by atoms with Crippen LogP contribution in [-0.2, 0) is 0 Å². The van der Waals surface area contributed by atoms with Crippen LogP contribution < -0.4 is 5.73 Å². The largest absolute Gasteiger partial charge is 0.368 e. The van der Waals surface area contributed by atoms with Crippen LogP contribution in [0.3, 0.4) is 0 Å². The summed E-state index contributed by atoms with van der Waals surface area (Å²) in [6, 6.07) is 12.0. The highest BCUT2D eigenvalue weighted by atomic mass is 32.1. The fraction of sp³-hybridized carbons (Fsp3) is 0. The quantitative estimate of drug-likeness (QED) is 0.626. The molecule has 0 amide bonds. The number of aromatic nitrogens is 4. The Kier molecular flexibility index (Phi) is 3.36. The number of rotatable bonds is 3. The van der Waals surface area contributed by atoms with Gasteiger partial charge in [-0.3, -0.25) is 4.40 Å². The summed E-state index contributed by atoms with van der Waals surface area (Å²) in [4.78, 5) is 13.8. The highest BCUT2D eigenvalue weighted by molar-refractivity contribution is 7.15. The number of anilines is 1. The van der Waals surface area contributed by atoms with Gasteiger partial charge in [-0.1, -0.05) is 30.3 Å². The molecule has 2 N–H and O–H groups in total. The molecule has 0 atom stereocenters. The molecular weight excluding hydrogens is 306 g/mol. The van der Waals surface area contributed by atoms with Gasteiger partial charge in [-0.15, -0.1) is 11.3 Å². The summed E-state index contributed by atoms with van der Waals surface area (Å²) in [7, 11) is 0. The molecular formula is C17H13N5S. The summed E-state index contributed by atoms with van der Waals surface area (Å²) in [5, 5.41) is 2.02. The number of imidazole rings is 1. The van der Waals surface area contributed by atoms with E-state index < -0.39 is 0 Å². The van der Waals surface area contributed by atoms with Crippen LogP contribution in [0.25, 0.3) is 28.4 Å². The Morgan fingerprint density at radius 2 is 1.91 bits per heavy atom. The molecule has 23 heavy (non-hydrogen) atoms. The third-order valence-corrected chi connectivity index (χ3v) is 4.21. The Balaban J connectivity index is 1.83. The van der Waals surface area contributed by atoms with E-state index >= 15 is 0 Å². The molecule has 0 spiro atoms. The van der Waals surface area contributed by atoms with Gasteiger partial charge in [0.15, 0.2) is 4.96 Å². The van der Waals surface area contributed by atoms with Crippen molar-refractivity contribution in [2.75, 3.05) is 5.73 Å². The zero-order valence-corrected chi connectivity index (χ0v) is 12.9. The maximum Gasteiger partial charge on any atom is 0.220 e. The monoisotopic (exact) mass is 319 g/mol. The Hall–Kier alpha value is -2.99. The van der Waals surface area contributed by atoms with Crippen molar-refractivity contribution in [2.45, 2.75) is 0 Å². The number of hydrogen-bond acceptors (Lipinski definition) is 5. The average Bonchev–Trinajstić information content (AvgIpc) is 3.15. The van der Waals surface area contributed by atoms with E-state index in [9.17, 15) is 0 Å². The second kappa shape index (κ2) is 5.66. The third-order valence-electron chi connectivity index (χ3n) is 3.45. The minimum Gasteiger partial charge on any atom is -0.368 e. The van der Waals surface area contributed by atoms with Crippen molar-refractivity contribution in [3.63, 3.8) is 0 Å². The minimum atomic E-state index is 0.268. The summed E-state index contributed by atoms with van der Waals surface area (Å²) in [6.07, 6.45) is 7.60. The van der Waals surface area contributed by atoms with E-state index in [-0.39, 0.29) is 5.95 Å². The van der Waals surface area contributed by atoms with Crippen LogP contribution in [-0.4, -0.2) is 19.4 Å². The second-order valence-corrected chi connectivity index (χ2v) is 5.81. The van der Waals surface area contributed by atoms with E-state index in [4.69, 9.17) is 10.7 Å². The molecule has 0 aliphatic carbocycles. The minimum absolute atomic E-state index is 0.268. The summed E-state index contributed by atoms with van der Waals surface area (Å²) in [6.45, 7) is 0. The molecule has 3 heterocycles. The van der Waals surface area contributed by atoms with Gasteiger partial charge in [0.1, 0.15) is 0 Å². The highest BCUT2D eigenvalue weighted by Crippen LogP contribution is 2.27. The van der Waals surface area contributed by atoms with Crippen molar-refractivity contribution >= 4 is 34.4 Å². The van der Waals surface area contributed by atoms with E-state index in [1.54, 1.807) is 17.5 Å². The summed E-state index contributed by atoms with van der Waals surface area (Å²) in [5.74, 6) is 0.268. The molecule has 112 valence electrons. The Labute approximate surface area is 136 Å². The lowest BCUT2D eigenvalue weighted by Gasteiger charge is -2.00. The lowest BCUT2D eigenvalue weighted by Crippen LogP contribution is -1.94. The second-order valence-electron chi connectivity index (χ2n) is 4.94. The first-order valence-corrected chi connectivity index (χ1v) is 7.97. The zero-order valence-electron chi connectivity index (χ0n) is 12.1. The van der Waals surface area contributed by atoms with Crippen LogP contribution in [0.2, 0.25) is 0 Å². The molecule has 3 aromatic heterocycles. The van der Waals surface area contributed by atoms with E-state index in [1.807, 2.05) is 48.0 Å². The maximum atomic E-state index is 5.63. The van der Waals surface area contributed by atoms with Gasteiger partial charge in [0.25, 0.3) is 0 Å². The fourth-order valence-corrected chi connectivity index (χ4v) is 3.14. The Morgan fingerprint density at radius 1 is 1.04 bits per heavy atom. The first kappa shape index (κ1) is 13.7. The third kappa shape index (κ3) is 2.60. The van der Waals surface area contributed by atoms with Gasteiger partial charge in [0, 0.05) is 23.3 Å². The van der Waals surface area contributed by atoms with Gasteiger partial charge in [0.2, 0.25) is 5.95 Å². The lowest BCUT2D eigenvalue weighted by molar-refractivity contribution is 1.17. The molecule has 0 bridgehead atoms. The predicted molar refractivity (Wildman–Crippen MR) is 93.9 cm³/mol. The average molecular weight is 319 g/mol. The molecule has 0 fully saturated rings. The number of benzene rings is 1. The molecule has 0 radical (unpaired) electrons. The molecule has 0 saturated carbocycles. The Morgan fingerprint density at radius 3 is 2.74 bits per heavy atom. The van der Waals surface area contributed by atoms with Gasteiger partial charge >= 0.3 is 0 Å². The molecule has 0 unspecified atom stereocenters. The van der Waals surface area contributed by atoms with Crippen molar-refractivity contribution in [1.29, 1.82) is 0 Å². The van der Waals surface area contributed by atoms with E-state index in [2.05, 4.69) is 26.5 Å². The van der Waals surface area contributed by atoms with Crippen molar-refractivity contribution in [2.24, 2.45) is 0 Å². The van der Waals surface area contributed by atoms with E-state index in [0.717, 1.165) is 27.6 Å². The van der Waals surface area contributed by atoms with Crippen molar-refractivity contribution in [1.82, 2.24) is 19.4 Å². The topological polar surface area (TPSA) is 69.1 Å². The summed E-state index contributed by atoms with van der Waals surface area (Å²) in [5.41, 5.74) is 9.46. The Bertz CT molecular complexity index is 985. The van der Waals surface area contributed by atoms with Crippen LogP contribution in [0.15, 0.2) is 54.2 Å². The van der Waals surface area contributed by atoms with Crippen LogP contribution in [0.4, 0.5) is 5.95 Å². The van der Waals surface area contributed by atoms with Crippen LogP contribution in [0, 0.1) is 0 Å². The molecule has 0 saturated heterocycles. The van der Waals surface area contributed by atoms with Crippen LogP contribution in [0.5, 0.6) is 0 Å². The smallest absolute Gasteiger partial charge is 0.220 e. The number of hydrogen-bond donors (Lipinski definition) is 1. The lowest BCUT2D eigenvalue weighted by atomic mass is 10.1. The molecule has 6 heteroatoms. The molecule has 5 nitrogen and oxygen atoms in total.